The molecule has 6 aromatic heterocycles. The van der Waals surface area contributed by atoms with Crippen LogP contribution < -0.4 is 4.74 Å². The second-order valence-electron chi connectivity index (χ2n) is 12.0. The van der Waals surface area contributed by atoms with Crippen LogP contribution in [0.1, 0.15) is 43.2 Å². The number of hydrogen-bond acceptors (Lipinski definition) is 8. The monoisotopic (exact) mass is 769 g/mol. The van der Waals surface area contributed by atoms with Crippen LogP contribution >= 0.6 is 0 Å². The summed E-state index contributed by atoms with van der Waals surface area (Å²) in [4.78, 5) is 30.7. The van der Waals surface area contributed by atoms with Gasteiger partial charge in [0, 0.05) is 48.3 Å². The second kappa shape index (κ2) is 18.4. The van der Waals surface area contributed by atoms with Crippen molar-refractivity contribution < 1.29 is 24.2 Å². The van der Waals surface area contributed by atoms with Gasteiger partial charge in [-0.3, -0.25) is 29.9 Å². The molecule has 0 amide bonds. The fraction of sp³-hybridized carbons (Fsp3) is 0.140. The average Bonchev–Trinajstić information content (AvgIpc) is 3.54. The molecule has 2 aliphatic carbocycles. The van der Waals surface area contributed by atoms with Crippen LogP contribution in [0.3, 0.4) is 0 Å². The fourth-order valence-electron chi connectivity index (χ4n) is 6.00. The van der Waals surface area contributed by atoms with E-state index in [1.54, 1.807) is 37.2 Å². The van der Waals surface area contributed by atoms with E-state index < -0.39 is 0 Å². The predicted octanol–water partition coefficient (Wildman–Crippen LogP) is 9.62. The Balaban J connectivity index is 0.000000154. The molecule has 9 rings (SSSR count). The van der Waals surface area contributed by atoms with Gasteiger partial charge < -0.3 is 4.74 Å². The van der Waals surface area contributed by atoms with Gasteiger partial charge in [0.1, 0.15) is 5.75 Å². The third-order valence-electron chi connectivity index (χ3n) is 8.47. The van der Waals surface area contributed by atoms with E-state index in [4.69, 9.17) is 9.73 Å². The first-order chi connectivity index (χ1) is 25.3. The van der Waals surface area contributed by atoms with Crippen LogP contribution in [0, 0.1) is 0 Å². The molecule has 7 aromatic rings. The van der Waals surface area contributed by atoms with Crippen molar-refractivity contribution in [1.29, 1.82) is 0 Å². The molecule has 1 saturated carbocycles. The maximum Gasteiger partial charge on any atom is 2.00 e. The van der Waals surface area contributed by atoms with E-state index in [1.165, 1.54) is 19.3 Å². The number of pyridine rings is 6. The van der Waals surface area contributed by atoms with Crippen LogP contribution in [0.2, 0.25) is 0 Å². The summed E-state index contributed by atoms with van der Waals surface area (Å²) in [6.07, 6.45) is 17.3. The summed E-state index contributed by atoms with van der Waals surface area (Å²) < 4.78 is 6.12. The molecule has 9 heteroatoms. The average molecular weight is 769 g/mol. The summed E-state index contributed by atoms with van der Waals surface area (Å²) in [6, 6.07) is 39.3. The van der Waals surface area contributed by atoms with E-state index in [0.29, 0.717) is 6.10 Å². The first-order valence-corrected chi connectivity index (χ1v) is 17.2. The van der Waals surface area contributed by atoms with Gasteiger partial charge in [-0.25, -0.2) is 4.99 Å². The van der Waals surface area contributed by atoms with Crippen LogP contribution in [0.25, 0.3) is 34.2 Å². The molecule has 0 N–H and O–H groups in total. The summed E-state index contributed by atoms with van der Waals surface area (Å²) in [5, 5.41) is 0. The van der Waals surface area contributed by atoms with Gasteiger partial charge in [-0.15, -0.1) is 0 Å². The number of fused-ring (bicyclic) bond motifs is 3. The molecular formula is C43H37N7ORu+2. The van der Waals surface area contributed by atoms with Crippen LogP contribution in [0.15, 0.2) is 164 Å². The Labute approximate surface area is 317 Å². The van der Waals surface area contributed by atoms with Gasteiger partial charge in [0.2, 0.25) is 0 Å². The molecule has 0 atom stereocenters. The molecule has 0 saturated heterocycles. The summed E-state index contributed by atoms with van der Waals surface area (Å²) in [5.41, 5.74) is 9.39. The van der Waals surface area contributed by atoms with Crippen molar-refractivity contribution in [2.75, 3.05) is 0 Å². The van der Waals surface area contributed by atoms with Gasteiger partial charge in [0.05, 0.1) is 51.7 Å². The molecule has 2 aliphatic rings. The summed E-state index contributed by atoms with van der Waals surface area (Å²) in [7, 11) is 0. The number of hydrogen-bond donors (Lipinski definition) is 0. The minimum Gasteiger partial charge on any atom is -0.490 e. The van der Waals surface area contributed by atoms with E-state index in [0.717, 1.165) is 75.3 Å². The van der Waals surface area contributed by atoms with E-state index in [9.17, 15) is 0 Å². The van der Waals surface area contributed by atoms with Gasteiger partial charge in [-0.1, -0.05) is 30.7 Å². The predicted molar refractivity (Wildman–Crippen MR) is 202 cm³/mol. The Kier molecular flexibility index (Phi) is 12.8. The van der Waals surface area contributed by atoms with Gasteiger partial charge in [-0.2, -0.15) is 0 Å². The fourth-order valence-corrected chi connectivity index (χ4v) is 6.00. The molecule has 0 aliphatic heterocycles. The minimum atomic E-state index is 0. The molecule has 256 valence electrons. The van der Waals surface area contributed by atoms with Crippen molar-refractivity contribution in [3.05, 3.63) is 170 Å². The first-order valence-electron chi connectivity index (χ1n) is 17.2. The van der Waals surface area contributed by atoms with E-state index in [-0.39, 0.29) is 19.5 Å². The van der Waals surface area contributed by atoms with Crippen molar-refractivity contribution in [2.24, 2.45) is 4.99 Å². The summed E-state index contributed by atoms with van der Waals surface area (Å²) in [5.74, 6) is 0.932. The Morgan fingerprint density at radius 1 is 0.442 bits per heavy atom. The Bertz CT molecular complexity index is 1950. The molecule has 1 aromatic carbocycles. The van der Waals surface area contributed by atoms with Crippen molar-refractivity contribution in [3.8, 4) is 39.9 Å². The molecule has 0 unspecified atom stereocenters. The molecular weight excluding hydrogens is 732 g/mol. The van der Waals surface area contributed by atoms with Crippen LogP contribution in [-0.4, -0.2) is 41.7 Å². The quantitative estimate of drug-likeness (QED) is 0.161. The zero-order chi connectivity index (χ0) is 34.5. The number of aliphatic imine (C=N–C) groups is 1. The van der Waals surface area contributed by atoms with E-state index >= 15 is 0 Å². The van der Waals surface area contributed by atoms with Crippen molar-refractivity contribution in [3.63, 3.8) is 0 Å². The van der Waals surface area contributed by atoms with Crippen LogP contribution in [0.5, 0.6) is 5.75 Å². The van der Waals surface area contributed by atoms with Crippen LogP contribution in [-0.2, 0) is 19.5 Å². The molecule has 1 fully saturated rings. The van der Waals surface area contributed by atoms with Crippen molar-refractivity contribution in [2.45, 2.75) is 38.2 Å². The van der Waals surface area contributed by atoms with E-state index in [2.05, 4.69) is 42.0 Å². The van der Waals surface area contributed by atoms with Gasteiger partial charge >= 0.3 is 19.5 Å². The standard InChI is InChI=1S/C23H21N3O.2C10H8N2.Ru/c1-2-6-17(7-3-1)27-18-12-10-16(11-13-18)26-21-19-8-4-14-24-22(19)23-20(21)9-5-15-25-23;2*1-3-7-11-9(5-1)10-6-2-4-8-12-10;/h4-5,8-15,17H,1-3,6-7H2;2*1-8H;/q;;;+2. The third-order valence-corrected chi connectivity index (χ3v) is 8.47. The molecule has 0 radical (unpaired) electrons. The number of ether oxygens (including phenoxy) is 1. The van der Waals surface area contributed by atoms with E-state index in [1.807, 2.05) is 109 Å². The molecule has 6 heterocycles. The Morgan fingerprint density at radius 2 is 0.865 bits per heavy atom. The van der Waals surface area contributed by atoms with Crippen LogP contribution in [0.4, 0.5) is 5.69 Å². The number of aromatic nitrogens is 6. The Hall–Kier alpha value is -5.79. The van der Waals surface area contributed by atoms with Gasteiger partial charge in [-0.05, 0) is 123 Å². The molecule has 8 nitrogen and oxygen atoms in total. The third kappa shape index (κ3) is 9.30. The largest absolute Gasteiger partial charge is 2.00 e. The minimum absolute atomic E-state index is 0. The number of rotatable bonds is 5. The second-order valence-corrected chi connectivity index (χ2v) is 12.0. The van der Waals surface area contributed by atoms with Crippen molar-refractivity contribution >= 4 is 11.4 Å². The molecule has 52 heavy (non-hydrogen) atoms. The number of nitrogens with zero attached hydrogens (tertiary/aromatic N) is 7. The SMILES string of the molecule is [Ru+2].c1ccc(-c2ccccn2)nc1.c1ccc(-c2ccccn2)nc1.c1cnc2c(c1)C(=Nc1ccc(OC3CCCCC3)cc1)c1cccnc1-2. The smallest absolute Gasteiger partial charge is 0.490 e. The molecule has 0 spiro atoms. The zero-order valence-corrected chi connectivity index (χ0v) is 30.3. The zero-order valence-electron chi connectivity index (χ0n) is 28.5. The summed E-state index contributed by atoms with van der Waals surface area (Å²) >= 11 is 0. The molecule has 0 bridgehead atoms. The normalized spacial score (nSPS) is 12.7. The number of benzene rings is 1. The maximum absolute atomic E-state index is 6.12. The van der Waals surface area contributed by atoms with Gasteiger partial charge in [0.15, 0.2) is 0 Å². The summed E-state index contributed by atoms with van der Waals surface area (Å²) in [6.45, 7) is 0. The maximum atomic E-state index is 6.12. The Morgan fingerprint density at radius 3 is 1.27 bits per heavy atom. The van der Waals surface area contributed by atoms with Crippen molar-refractivity contribution in [1.82, 2.24) is 29.9 Å². The first kappa shape index (κ1) is 36.0. The van der Waals surface area contributed by atoms with Gasteiger partial charge in [0.25, 0.3) is 0 Å². The topological polar surface area (TPSA) is 98.9 Å².